The van der Waals surface area contributed by atoms with Crippen LogP contribution in [0.1, 0.15) is 47.8 Å². The highest BCUT2D eigenvalue weighted by Crippen LogP contribution is 2.52. The number of fused-ring (bicyclic) bond motifs is 1. The molecule has 1 fully saturated rings. The number of hydrogen-bond donors (Lipinski definition) is 1. The Morgan fingerprint density at radius 1 is 1.05 bits per heavy atom. The molecule has 2 aliphatic heterocycles. The molecule has 0 radical (unpaired) electrons. The molecule has 0 bridgehead atoms. The lowest BCUT2D eigenvalue weighted by atomic mass is 9.89. The summed E-state index contributed by atoms with van der Waals surface area (Å²) in [6, 6.07) is 0. The second-order valence-electron chi connectivity index (χ2n) is 13.5. The fourth-order valence-electron chi connectivity index (χ4n) is 4.38. The van der Waals surface area contributed by atoms with Gasteiger partial charge in [-0.15, -0.1) is 0 Å². The Labute approximate surface area is 239 Å². The molecule has 40 heavy (non-hydrogen) atoms. The van der Waals surface area contributed by atoms with E-state index in [0.717, 1.165) is 5.41 Å². The molecule has 1 saturated heterocycles. The summed E-state index contributed by atoms with van der Waals surface area (Å²) in [5.74, 6) is 0.301. The molecule has 12 nitrogen and oxygen atoms in total. The average Bonchev–Trinajstić information content (AvgIpc) is 3.43. The van der Waals surface area contributed by atoms with E-state index in [0.29, 0.717) is 17.0 Å². The highest BCUT2D eigenvalue weighted by atomic mass is 32.2. The predicted octanol–water partition coefficient (Wildman–Crippen LogP) is 4.04. The van der Waals surface area contributed by atoms with Gasteiger partial charge in [0.25, 0.3) is 10.1 Å². The Morgan fingerprint density at radius 2 is 1.68 bits per heavy atom. The van der Waals surface area contributed by atoms with E-state index in [1.54, 1.807) is 10.9 Å². The van der Waals surface area contributed by atoms with E-state index in [-0.39, 0.29) is 22.4 Å². The van der Waals surface area contributed by atoms with Gasteiger partial charge in [-0.1, -0.05) is 41.5 Å². The van der Waals surface area contributed by atoms with Crippen LogP contribution >= 0.6 is 0 Å². The monoisotopic (exact) mass is 613 g/mol. The number of rotatable bonds is 7. The van der Waals surface area contributed by atoms with Crippen molar-refractivity contribution in [3.05, 3.63) is 23.8 Å². The molecule has 1 unspecified atom stereocenters. The van der Waals surface area contributed by atoms with Crippen LogP contribution in [0.2, 0.25) is 36.3 Å². The van der Waals surface area contributed by atoms with Crippen LogP contribution in [0.4, 0.5) is 0 Å². The summed E-state index contributed by atoms with van der Waals surface area (Å²) in [6.45, 7) is 21.2. The van der Waals surface area contributed by atoms with Crippen molar-refractivity contribution in [2.45, 2.75) is 102 Å². The fourth-order valence-corrected chi connectivity index (χ4v) is 7.89. The minimum Gasteiger partial charge on any atom is -0.479 e. The number of methoxy groups -OCH3 is 1. The lowest BCUT2D eigenvalue weighted by molar-refractivity contribution is -0.0535. The summed E-state index contributed by atoms with van der Waals surface area (Å²) < 4.78 is 59.1. The van der Waals surface area contributed by atoms with E-state index in [1.165, 1.54) is 13.4 Å². The molecule has 224 valence electrons. The van der Waals surface area contributed by atoms with Gasteiger partial charge in [0.1, 0.15) is 18.5 Å². The van der Waals surface area contributed by atoms with Crippen molar-refractivity contribution >= 4 is 37.9 Å². The minimum atomic E-state index is -4.12. The molecule has 0 aliphatic carbocycles. The van der Waals surface area contributed by atoms with E-state index in [2.05, 4.69) is 82.7 Å². The van der Waals surface area contributed by atoms with Crippen molar-refractivity contribution in [2.75, 3.05) is 13.7 Å². The Balaban J connectivity index is 1.90. The predicted molar refractivity (Wildman–Crippen MR) is 156 cm³/mol. The van der Waals surface area contributed by atoms with Crippen LogP contribution in [0.3, 0.4) is 0 Å². The third kappa shape index (κ3) is 5.14. The van der Waals surface area contributed by atoms with Gasteiger partial charge in [0.15, 0.2) is 39.6 Å². The second-order valence-corrected chi connectivity index (χ2v) is 24.5. The SMILES string of the molecule is COc1ncnc2c1ncn2[C@@H]1O[C@H](CO[Si](C)(C)C(C)(C)C)C2(OS(=O)(=O)C=C2N)[C@H]1O[Si](C)(C)C(C)(C)C. The second kappa shape index (κ2) is 9.85. The number of hydrogen-bond acceptors (Lipinski definition) is 11. The Hall–Kier alpha value is -1.89. The molecule has 0 saturated carbocycles. The maximum Gasteiger partial charge on any atom is 0.292 e. The van der Waals surface area contributed by atoms with Crippen LogP contribution in [-0.4, -0.2) is 76.1 Å². The molecule has 2 aromatic heterocycles. The maximum atomic E-state index is 12.9. The Kier molecular flexibility index (Phi) is 7.65. The number of nitrogens with two attached hydrogens (primary N) is 1. The normalized spacial score (nSPS) is 27.5. The minimum absolute atomic E-state index is 0.0131. The Bertz CT molecular complexity index is 1410. The average molecular weight is 614 g/mol. The third-order valence-electron chi connectivity index (χ3n) is 8.86. The van der Waals surface area contributed by atoms with Crippen molar-refractivity contribution < 1.29 is 30.9 Å². The molecule has 2 aromatic rings. The number of ether oxygens (including phenoxy) is 2. The summed E-state index contributed by atoms with van der Waals surface area (Å²) in [5, 5.41) is 0.650. The number of aromatic nitrogens is 4. The van der Waals surface area contributed by atoms with Crippen LogP contribution in [-0.2, 0) is 27.9 Å². The van der Waals surface area contributed by atoms with Gasteiger partial charge >= 0.3 is 0 Å². The summed E-state index contributed by atoms with van der Waals surface area (Å²) in [5.41, 5.74) is 5.78. The van der Waals surface area contributed by atoms with Crippen LogP contribution in [0.5, 0.6) is 5.88 Å². The van der Waals surface area contributed by atoms with Gasteiger partial charge in [0.05, 0.1) is 31.1 Å². The first kappa shape index (κ1) is 31.1. The molecule has 0 amide bonds. The molecule has 4 atom stereocenters. The summed E-state index contributed by atoms with van der Waals surface area (Å²) in [6.07, 6.45) is 0.163. The van der Waals surface area contributed by atoms with Crippen LogP contribution < -0.4 is 10.5 Å². The van der Waals surface area contributed by atoms with Gasteiger partial charge in [0.2, 0.25) is 5.88 Å². The molecule has 2 N–H and O–H groups in total. The number of nitrogens with zero attached hydrogens (tertiary/aromatic N) is 4. The first-order valence-corrected chi connectivity index (χ1v) is 20.6. The third-order valence-corrected chi connectivity index (χ3v) is 18.9. The molecule has 4 rings (SSSR count). The maximum absolute atomic E-state index is 12.9. The van der Waals surface area contributed by atoms with E-state index in [1.807, 2.05) is 0 Å². The largest absolute Gasteiger partial charge is 0.479 e. The first-order chi connectivity index (χ1) is 18.2. The van der Waals surface area contributed by atoms with Gasteiger partial charge < -0.3 is 24.1 Å². The van der Waals surface area contributed by atoms with Gasteiger partial charge in [-0.25, -0.2) is 14.2 Å². The summed E-state index contributed by atoms with van der Waals surface area (Å²) >= 11 is 0. The molecule has 15 heteroatoms. The van der Waals surface area contributed by atoms with Gasteiger partial charge in [-0.3, -0.25) is 4.57 Å². The Morgan fingerprint density at radius 3 is 2.20 bits per heavy atom. The van der Waals surface area contributed by atoms with Crippen molar-refractivity contribution in [1.29, 1.82) is 0 Å². The van der Waals surface area contributed by atoms with E-state index in [9.17, 15) is 8.42 Å². The van der Waals surface area contributed by atoms with Gasteiger partial charge in [0, 0.05) is 0 Å². The van der Waals surface area contributed by atoms with Crippen LogP contribution in [0.25, 0.3) is 11.2 Å². The molecule has 4 heterocycles. The first-order valence-electron chi connectivity index (χ1n) is 13.3. The van der Waals surface area contributed by atoms with Crippen molar-refractivity contribution in [3.63, 3.8) is 0 Å². The summed E-state index contributed by atoms with van der Waals surface area (Å²) in [7, 11) is -7.45. The molecule has 0 aromatic carbocycles. The quantitative estimate of drug-likeness (QED) is 0.356. The number of imidazole rings is 1. The van der Waals surface area contributed by atoms with Gasteiger partial charge in [-0.05, 0) is 36.3 Å². The summed E-state index contributed by atoms with van der Waals surface area (Å²) in [4.78, 5) is 13.1. The topological polar surface area (TPSA) is 150 Å². The van der Waals surface area contributed by atoms with Crippen molar-refractivity contribution in [1.82, 2.24) is 19.5 Å². The molecular weight excluding hydrogens is 571 g/mol. The zero-order chi connectivity index (χ0) is 30.1. The van der Waals surface area contributed by atoms with E-state index >= 15 is 0 Å². The molecular formula is C25H43N5O7SSi2. The van der Waals surface area contributed by atoms with E-state index < -0.39 is 50.8 Å². The van der Waals surface area contributed by atoms with Crippen LogP contribution in [0.15, 0.2) is 23.8 Å². The molecule has 2 aliphatic rings. The highest BCUT2D eigenvalue weighted by Gasteiger charge is 2.67. The fraction of sp³-hybridized carbons (Fsp3) is 0.720. The van der Waals surface area contributed by atoms with Crippen LogP contribution in [0, 0.1) is 0 Å². The zero-order valence-corrected chi connectivity index (χ0v) is 28.1. The van der Waals surface area contributed by atoms with Crippen molar-refractivity contribution in [2.24, 2.45) is 5.73 Å². The van der Waals surface area contributed by atoms with E-state index in [4.69, 9.17) is 28.2 Å². The smallest absolute Gasteiger partial charge is 0.292 e. The zero-order valence-electron chi connectivity index (χ0n) is 25.3. The van der Waals surface area contributed by atoms with Gasteiger partial charge in [-0.2, -0.15) is 13.4 Å². The standard InChI is InChI=1S/C25H43N5O7SSi2/c1-23(2,3)39(8,9)34-12-17-25(16(26)13-38(31,32)37-25)19(36-40(10,11)24(4,5)6)22(35-17)30-15-29-18-20(30)27-14-28-21(18)33-7/h13-15,17,19,22H,12,26H2,1-11H3/t17-,19+,22-,25?/m1/s1. The molecule has 1 spiro atoms. The lowest BCUT2D eigenvalue weighted by Crippen LogP contribution is -2.59. The highest BCUT2D eigenvalue weighted by molar-refractivity contribution is 7.90. The van der Waals surface area contributed by atoms with Crippen molar-refractivity contribution in [3.8, 4) is 5.88 Å². The lowest BCUT2D eigenvalue weighted by Gasteiger charge is -2.43.